The minimum absolute atomic E-state index is 0.190. The molecule has 21 heavy (non-hydrogen) atoms. The van der Waals surface area contributed by atoms with Crippen molar-refractivity contribution < 1.29 is 9.47 Å². The number of methoxy groups -OCH3 is 1. The Kier molecular flexibility index (Phi) is 5.22. The zero-order chi connectivity index (χ0) is 15.1. The molecule has 0 aliphatic carbocycles. The van der Waals surface area contributed by atoms with Gasteiger partial charge < -0.3 is 9.47 Å². The first-order chi connectivity index (χ1) is 10.2. The highest BCUT2D eigenvalue weighted by atomic mass is 16.5. The van der Waals surface area contributed by atoms with Crippen LogP contribution >= 0.6 is 0 Å². The first kappa shape index (κ1) is 14.9. The van der Waals surface area contributed by atoms with Gasteiger partial charge in [-0.05, 0) is 42.3 Å². The maximum absolute atomic E-state index is 9.34. The van der Waals surface area contributed by atoms with Gasteiger partial charge in [0.2, 0.25) is 0 Å². The van der Waals surface area contributed by atoms with Crippen LogP contribution in [0.4, 0.5) is 0 Å². The molecular formula is C18H19NO2. The van der Waals surface area contributed by atoms with Crippen LogP contribution in [0.1, 0.15) is 23.5 Å². The Balaban J connectivity index is 1.95. The lowest BCUT2D eigenvalue weighted by atomic mass is 9.97. The second-order valence-corrected chi connectivity index (χ2v) is 4.91. The molecule has 0 amide bonds. The molecule has 0 aliphatic heterocycles. The van der Waals surface area contributed by atoms with E-state index in [9.17, 15) is 5.26 Å². The molecule has 2 aromatic carbocycles. The first-order valence-electron chi connectivity index (χ1n) is 6.96. The van der Waals surface area contributed by atoms with Crippen molar-refractivity contribution in [2.24, 2.45) is 0 Å². The van der Waals surface area contributed by atoms with Gasteiger partial charge in [0.15, 0.2) is 0 Å². The highest BCUT2D eigenvalue weighted by Gasteiger charge is 2.11. The fourth-order valence-corrected chi connectivity index (χ4v) is 2.16. The summed E-state index contributed by atoms with van der Waals surface area (Å²) in [5.41, 5.74) is 2.13. The molecule has 1 atom stereocenters. The second kappa shape index (κ2) is 7.35. The van der Waals surface area contributed by atoms with E-state index in [1.54, 1.807) is 7.11 Å². The van der Waals surface area contributed by atoms with Gasteiger partial charge in [0.1, 0.15) is 11.5 Å². The van der Waals surface area contributed by atoms with Crippen molar-refractivity contribution >= 4 is 0 Å². The summed E-state index contributed by atoms with van der Waals surface area (Å²) in [4.78, 5) is 0. The van der Waals surface area contributed by atoms with Gasteiger partial charge >= 0.3 is 0 Å². The van der Waals surface area contributed by atoms with E-state index in [-0.39, 0.29) is 5.92 Å². The summed E-state index contributed by atoms with van der Waals surface area (Å²) < 4.78 is 10.9. The monoisotopic (exact) mass is 281 g/mol. The summed E-state index contributed by atoms with van der Waals surface area (Å²) in [6.45, 7) is 2.54. The summed E-state index contributed by atoms with van der Waals surface area (Å²) in [6.07, 6.45) is 0.650. The smallest absolute Gasteiger partial charge is 0.119 e. The van der Waals surface area contributed by atoms with Crippen LogP contribution in [0.15, 0.2) is 48.5 Å². The largest absolute Gasteiger partial charge is 0.497 e. The molecule has 0 saturated carbocycles. The van der Waals surface area contributed by atoms with E-state index in [1.165, 1.54) is 0 Å². The van der Waals surface area contributed by atoms with Crippen molar-refractivity contribution in [3.8, 4) is 17.6 Å². The Bertz CT molecular complexity index is 631. The van der Waals surface area contributed by atoms with E-state index in [0.717, 1.165) is 22.6 Å². The molecule has 3 heteroatoms. The van der Waals surface area contributed by atoms with Gasteiger partial charge in [-0.2, -0.15) is 5.26 Å². The Morgan fingerprint density at radius 2 is 1.86 bits per heavy atom. The lowest BCUT2D eigenvalue weighted by Gasteiger charge is -2.12. The molecule has 1 unspecified atom stereocenters. The molecule has 0 saturated heterocycles. The number of aryl methyl sites for hydroxylation is 1. The third-order valence-corrected chi connectivity index (χ3v) is 3.32. The average Bonchev–Trinajstić information content (AvgIpc) is 2.52. The average molecular weight is 281 g/mol. The molecular weight excluding hydrogens is 262 g/mol. The fraction of sp³-hybridized carbons (Fsp3) is 0.278. The van der Waals surface area contributed by atoms with Crippen molar-refractivity contribution in [3.63, 3.8) is 0 Å². The zero-order valence-electron chi connectivity index (χ0n) is 12.4. The van der Waals surface area contributed by atoms with Crippen LogP contribution in [-0.2, 0) is 0 Å². The molecule has 2 rings (SSSR count). The second-order valence-electron chi connectivity index (χ2n) is 4.91. The third kappa shape index (κ3) is 4.25. The lowest BCUT2D eigenvalue weighted by Crippen LogP contribution is -2.04. The van der Waals surface area contributed by atoms with Crippen molar-refractivity contribution in [2.45, 2.75) is 19.3 Å². The first-order valence-corrected chi connectivity index (χ1v) is 6.96. The summed E-state index contributed by atoms with van der Waals surface area (Å²) in [5, 5.41) is 9.34. The number of nitriles is 1. The molecule has 108 valence electrons. The summed E-state index contributed by atoms with van der Waals surface area (Å²) in [7, 11) is 1.63. The molecule has 0 fully saturated rings. The number of hydrogen-bond donors (Lipinski definition) is 0. The Labute approximate surface area is 125 Å². The van der Waals surface area contributed by atoms with E-state index in [1.807, 2.05) is 55.5 Å². The molecule has 0 aromatic heterocycles. The number of nitrogens with zero attached hydrogens (tertiary/aromatic N) is 1. The lowest BCUT2D eigenvalue weighted by molar-refractivity contribution is 0.305. The molecule has 0 aliphatic rings. The van der Waals surface area contributed by atoms with Crippen molar-refractivity contribution in [3.05, 3.63) is 59.7 Å². The van der Waals surface area contributed by atoms with E-state index in [4.69, 9.17) is 9.47 Å². The van der Waals surface area contributed by atoms with E-state index in [0.29, 0.717) is 13.0 Å². The minimum atomic E-state index is -0.190. The summed E-state index contributed by atoms with van der Waals surface area (Å²) >= 11 is 0. The van der Waals surface area contributed by atoms with E-state index in [2.05, 4.69) is 6.07 Å². The summed E-state index contributed by atoms with van der Waals surface area (Å²) in [5.74, 6) is 1.43. The van der Waals surface area contributed by atoms with Crippen molar-refractivity contribution in [2.75, 3.05) is 13.7 Å². The van der Waals surface area contributed by atoms with E-state index < -0.39 is 0 Å². The van der Waals surface area contributed by atoms with Gasteiger partial charge in [-0.3, -0.25) is 0 Å². The number of benzene rings is 2. The van der Waals surface area contributed by atoms with E-state index >= 15 is 0 Å². The van der Waals surface area contributed by atoms with Gasteiger partial charge in [0.25, 0.3) is 0 Å². The summed E-state index contributed by atoms with van der Waals surface area (Å²) in [6, 6.07) is 17.9. The fourth-order valence-electron chi connectivity index (χ4n) is 2.16. The quantitative estimate of drug-likeness (QED) is 0.801. The van der Waals surface area contributed by atoms with Crippen molar-refractivity contribution in [1.82, 2.24) is 0 Å². The Morgan fingerprint density at radius 3 is 2.57 bits per heavy atom. The number of ether oxygens (including phenoxy) is 2. The Hall–Kier alpha value is -2.47. The Morgan fingerprint density at radius 1 is 1.10 bits per heavy atom. The van der Waals surface area contributed by atoms with Crippen LogP contribution < -0.4 is 9.47 Å². The van der Waals surface area contributed by atoms with Crippen LogP contribution in [0.3, 0.4) is 0 Å². The topological polar surface area (TPSA) is 42.2 Å². The number of hydrogen-bond acceptors (Lipinski definition) is 3. The van der Waals surface area contributed by atoms with Crippen LogP contribution in [0.5, 0.6) is 11.5 Å². The SMILES string of the molecule is COc1cccc(C(C#N)CCOc2cccc(C)c2)c1. The highest BCUT2D eigenvalue weighted by molar-refractivity contribution is 5.33. The molecule has 0 heterocycles. The molecule has 0 bridgehead atoms. The maximum Gasteiger partial charge on any atom is 0.119 e. The van der Waals surface area contributed by atoms with Gasteiger partial charge in [-0.25, -0.2) is 0 Å². The zero-order valence-corrected chi connectivity index (χ0v) is 12.4. The maximum atomic E-state index is 9.34. The standard InChI is InChI=1S/C18H19NO2/c1-14-5-3-8-18(11-14)21-10-9-16(13-19)15-6-4-7-17(12-15)20-2/h3-8,11-12,16H,9-10H2,1-2H3. The predicted molar refractivity (Wildman–Crippen MR) is 82.6 cm³/mol. The van der Waals surface area contributed by atoms with Gasteiger partial charge in [0, 0.05) is 6.42 Å². The van der Waals surface area contributed by atoms with Crippen LogP contribution in [0.25, 0.3) is 0 Å². The third-order valence-electron chi connectivity index (χ3n) is 3.32. The predicted octanol–water partition coefficient (Wildman–Crippen LogP) is 4.08. The van der Waals surface area contributed by atoms with Gasteiger partial charge in [-0.15, -0.1) is 0 Å². The molecule has 0 N–H and O–H groups in total. The van der Waals surface area contributed by atoms with Crippen LogP contribution in [0.2, 0.25) is 0 Å². The molecule has 3 nitrogen and oxygen atoms in total. The molecule has 0 radical (unpaired) electrons. The van der Waals surface area contributed by atoms with Gasteiger partial charge in [-0.1, -0.05) is 24.3 Å². The highest BCUT2D eigenvalue weighted by Crippen LogP contribution is 2.23. The van der Waals surface area contributed by atoms with Gasteiger partial charge in [0.05, 0.1) is 25.7 Å². The molecule has 2 aromatic rings. The molecule has 0 spiro atoms. The van der Waals surface area contributed by atoms with Crippen LogP contribution in [0, 0.1) is 18.3 Å². The minimum Gasteiger partial charge on any atom is -0.497 e. The van der Waals surface area contributed by atoms with Crippen LogP contribution in [-0.4, -0.2) is 13.7 Å². The number of rotatable bonds is 6. The van der Waals surface area contributed by atoms with Crippen molar-refractivity contribution in [1.29, 1.82) is 5.26 Å². The normalized spacial score (nSPS) is 11.5.